The van der Waals surface area contributed by atoms with Gasteiger partial charge >= 0.3 is 6.03 Å². The van der Waals surface area contributed by atoms with Crippen LogP contribution >= 0.6 is 0 Å². The van der Waals surface area contributed by atoms with Crippen LogP contribution < -0.4 is 15.4 Å². The SMILES string of the molecule is COc1ccc2c(c1)CCC[C@@]2(O)CNC(=O)Nc1ccccc1F. The Hall–Kier alpha value is -2.60. The Morgan fingerprint density at radius 3 is 2.88 bits per heavy atom. The molecule has 5 nitrogen and oxygen atoms in total. The minimum absolute atomic E-state index is 0.0482. The molecule has 25 heavy (non-hydrogen) atoms. The van der Waals surface area contributed by atoms with Gasteiger partial charge in [0.2, 0.25) is 0 Å². The average molecular weight is 344 g/mol. The lowest BCUT2D eigenvalue weighted by Gasteiger charge is -2.34. The molecule has 0 saturated carbocycles. The van der Waals surface area contributed by atoms with E-state index in [0.29, 0.717) is 6.42 Å². The summed E-state index contributed by atoms with van der Waals surface area (Å²) in [6.45, 7) is 0.0482. The van der Waals surface area contributed by atoms with Crippen molar-refractivity contribution in [2.24, 2.45) is 0 Å². The van der Waals surface area contributed by atoms with Gasteiger partial charge < -0.3 is 20.5 Å². The zero-order valence-corrected chi connectivity index (χ0v) is 14.0. The standard InChI is InChI=1S/C19H21FN2O3/c1-25-14-8-9-15-13(11-14)5-4-10-19(15,24)12-21-18(23)22-17-7-3-2-6-16(17)20/h2-3,6-9,11,24H,4-5,10,12H2,1H3,(H2,21,22,23)/t19-/m1/s1. The minimum Gasteiger partial charge on any atom is -0.497 e. The molecule has 3 rings (SSSR count). The molecule has 6 heteroatoms. The molecule has 0 heterocycles. The molecule has 1 aliphatic carbocycles. The van der Waals surface area contributed by atoms with Crippen LogP contribution in [0, 0.1) is 5.82 Å². The fourth-order valence-electron chi connectivity index (χ4n) is 3.20. The first-order valence-corrected chi connectivity index (χ1v) is 8.21. The van der Waals surface area contributed by atoms with Crippen molar-refractivity contribution in [1.29, 1.82) is 0 Å². The first-order chi connectivity index (χ1) is 12.0. The fourth-order valence-corrected chi connectivity index (χ4v) is 3.20. The molecule has 3 N–H and O–H groups in total. The Balaban J connectivity index is 1.69. The molecular weight excluding hydrogens is 323 g/mol. The van der Waals surface area contributed by atoms with E-state index in [1.165, 1.54) is 12.1 Å². The molecule has 132 valence electrons. The van der Waals surface area contributed by atoms with Crippen LogP contribution in [0.1, 0.15) is 24.0 Å². The van der Waals surface area contributed by atoms with E-state index in [-0.39, 0.29) is 12.2 Å². The largest absolute Gasteiger partial charge is 0.497 e. The number of ether oxygens (including phenoxy) is 1. The quantitative estimate of drug-likeness (QED) is 0.798. The molecule has 2 aromatic carbocycles. The average Bonchev–Trinajstić information content (AvgIpc) is 2.62. The van der Waals surface area contributed by atoms with Crippen LogP contribution in [0.4, 0.5) is 14.9 Å². The van der Waals surface area contributed by atoms with E-state index in [1.54, 1.807) is 25.3 Å². The number of anilines is 1. The lowest BCUT2D eigenvalue weighted by atomic mass is 9.79. The summed E-state index contributed by atoms with van der Waals surface area (Å²) in [5.74, 6) is 0.236. The number of amides is 2. The molecule has 2 amide bonds. The Morgan fingerprint density at radius 1 is 1.32 bits per heavy atom. The van der Waals surface area contributed by atoms with E-state index in [1.807, 2.05) is 12.1 Å². The molecular formula is C19H21FN2O3. The van der Waals surface area contributed by atoms with E-state index in [2.05, 4.69) is 10.6 Å². The van der Waals surface area contributed by atoms with Crippen LogP contribution in [-0.2, 0) is 12.0 Å². The van der Waals surface area contributed by atoms with Gasteiger partial charge in [0.15, 0.2) is 0 Å². The van der Waals surface area contributed by atoms with Crippen molar-refractivity contribution in [2.75, 3.05) is 19.0 Å². The van der Waals surface area contributed by atoms with E-state index >= 15 is 0 Å². The maximum atomic E-state index is 13.6. The first kappa shape index (κ1) is 17.2. The fraction of sp³-hybridized carbons (Fsp3) is 0.316. The van der Waals surface area contributed by atoms with Crippen molar-refractivity contribution in [3.8, 4) is 5.75 Å². The topological polar surface area (TPSA) is 70.6 Å². The van der Waals surface area contributed by atoms with Crippen molar-refractivity contribution in [2.45, 2.75) is 24.9 Å². The number of aliphatic hydroxyl groups is 1. The van der Waals surface area contributed by atoms with Gasteiger partial charge in [0, 0.05) is 0 Å². The first-order valence-electron chi connectivity index (χ1n) is 8.21. The molecule has 0 bridgehead atoms. The molecule has 0 unspecified atom stereocenters. The molecule has 0 spiro atoms. The molecule has 1 atom stereocenters. The second-order valence-corrected chi connectivity index (χ2v) is 6.20. The molecule has 1 aliphatic rings. The highest BCUT2D eigenvalue weighted by atomic mass is 19.1. The van der Waals surface area contributed by atoms with Crippen molar-refractivity contribution < 1.29 is 19.0 Å². The summed E-state index contributed by atoms with van der Waals surface area (Å²) in [6, 6.07) is 10.9. The Labute approximate surface area is 145 Å². The molecule has 0 aromatic heterocycles. The number of benzene rings is 2. The predicted octanol–water partition coefficient (Wildman–Crippen LogP) is 3.18. The van der Waals surface area contributed by atoms with Gasteiger partial charge in [-0.2, -0.15) is 0 Å². The number of carbonyl (C=O) groups is 1. The number of aryl methyl sites for hydroxylation is 1. The van der Waals surface area contributed by atoms with Crippen LogP contribution in [0.3, 0.4) is 0 Å². The van der Waals surface area contributed by atoms with Crippen molar-refractivity contribution in [1.82, 2.24) is 5.32 Å². The second kappa shape index (κ2) is 7.11. The summed E-state index contributed by atoms with van der Waals surface area (Å²) in [7, 11) is 1.60. The number of para-hydroxylation sites is 1. The number of hydrogen-bond acceptors (Lipinski definition) is 3. The zero-order valence-electron chi connectivity index (χ0n) is 14.0. The molecule has 0 radical (unpaired) electrons. The molecule has 0 aliphatic heterocycles. The molecule has 0 saturated heterocycles. The Kier molecular flexibility index (Phi) is 4.90. The van der Waals surface area contributed by atoms with Gasteiger partial charge in [-0.3, -0.25) is 0 Å². The van der Waals surface area contributed by atoms with Crippen LogP contribution in [-0.4, -0.2) is 24.8 Å². The number of methoxy groups -OCH3 is 1. The third kappa shape index (κ3) is 3.74. The number of nitrogens with one attached hydrogen (secondary N) is 2. The van der Waals surface area contributed by atoms with Gasteiger partial charge in [0.25, 0.3) is 0 Å². The van der Waals surface area contributed by atoms with Crippen molar-refractivity contribution >= 4 is 11.7 Å². The smallest absolute Gasteiger partial charge is 0.319 e. The van der Waals surface area contributed by atoms with Crippen LogP contribution in [0.25, 0.3) is 0 Å². The van der Waals surface area contributed by atoms with Crippen LogP contribution in [0.5, 0.6) is 5.75 Å². The number of halogens is 1. The highest BCUT2D eigenvalue weighted by Crippen LogP contribution is 2.36. The number of carbonyl (C=O) groups excluding carboxylic acids is 1. The summed E-state index contributed by atoms with van der Waals surface area (Å²) in [5.41, 5.74) is 0.766. The van der Waals surface area contributed by atoms with Gasteiger partial charge in [-0.15, -0.1) is 0 Å². The normalized spacial score (nSPS) is 19.0. The second-order valence-electron chi connectivity index (χ2n) is 6.20. The molecule has 2 aromatic rings. The maximum absolute atomic E-state index is 13.6. The third-order valence-corrected chi connectivity index (χ3v) is 4.51. The third-order valence-electron chi connectivity index (χ3n) is 4.51. The number of rotatable bonds is 4. The molecule has 0 fully saturated rings. The number of fused-ring (bicyclic) bond motifs is 1. The van der Waals surface area contributed by atoms with Gasteiger partial charge in [-0.05, 0) is 54.7 Å². The summed E-state index contributed by atoms with van der Waals surface area (Å²) in [6.07, 6.45) is 2.22. The highest BCUT2D eigenvalue weighted by Gasteiger charge is 2.34. The van der Waals surface area contributed by atoms with E-state index in [0.717, 1.165) is 29.7 Å². The minimum atomic E-state index is -1.15. The summed E-state index contributed by atoms with van der Waals surface area (Å²) < 4.78 is 18.8. The zero-order chi connectivity index (χ0) is 17.9. The Bertz CT molecular complexity index is 781. The van der Waals surface area contributed by atoms with Crippen molar-refractivity contribution in [3.63, 3.8) is 0 Å². The van der Waals surface area contributed by atoms with E-state index in [4.69, 9.17) is 4.74 Å². The van der Waals surface area contributed by atoms with Crippen molar-refractivity contribution in [3.05, 3.63) is 59.4 Å². The van der Waals surface area contributed by atoms with E-state index < -0.39 is 17.4 Å². The summed E-state index contributed by atoms with van der Waals surface area (Å²) in [5, 5.41) is 16.1. The van der Waals surface area contributed by atoms with Gasteiger partial charge in [-0.25, -0.2) is 9.18 Å². The highest BCUT2D eigenvalue weighted by molar-refractivity contribution is 5.89. The summed E-state index contributed by atoms with van der Waals surface area (Å²) >= 11 is 0. The van der Waals surface area contributed by atoms with Gasteiger partial charge in [-0.1, -0.05) is 18.2 Å². The number of hydrogen-bond donors (Lipinski definition) is 3. The van der Waals surface area contributed by atoms with Crippen LogP contribution in [0.15, 0.2) is 42.5 Å². The predicted molar refractivity (Wildman–Crippen MR) is 93.3 cm³/mol. The lowest BCUT2D eigenvalue weighted by molar-refractivity contribution is 0.0220. The monoisotopic (exact) mass is 344 g/mol. The maximum Gasteiger partial charge on any atom is 0.319 e. The van der Waals surface area contributed by atoms with E-state index in [9.17, 15) is 14.3 Å². The summed E-state index contributed by atoms with van der Waals surface area (Å²) in [4.78, 5) is 12.0. The van der Waals surface area contributed by atoms with Gasteiger partial charge in [0.1, 0.15) is 17.2 Å². The number of urea groups is 1. The van der Waals surface area contributed by atoms with Crippen LogP contribution in [0.2, 0.25) is 0 Å². The Morgan fingerprint density at radius 2 is 2.12 bits per heavy atom. The lowest BCUT2D eigenvalue weighted by Crippen LogP contribution is -2.44. The van der Waals surface area contributed by atoms with Gasteiger partial charge in [0.05, 0.1) is 19.3 Å².